The van der Waals surface area contributed by atoms with E-state index in [1.54, 1.807) is 18.5 Å². The van der Waals surface area contributed by atoms with Crippen molar-refractivity contribution in [3.8, 4) is 0 Å². The van der Waals surface area contributed by atoms with Gasteiger partial charge in [-0.25, -0.2) is 14.6 Å². The van der Waals surface area contributed by atoms with Gasteiger partial charge in [-0.15, -0.1) is 11.3 Å². The summed E-state index contributed by atoms with van der Waals surface area (Å²) < 4.78 is 1.35. The Balaban J connectivity index is 1.17. The first-order chi connectivity index (χ1) is 20.3. The lowest BCUT2D eigenvalue weighted by molar-refractivity contribution is -0.142. The molecule has 5 rings (SSSR count). The summed E-state index contributed by atoms with van der Waals surface area (Å²) in [5.41, 5.74) is 2.71. The maximum atomic E-state index is 12.8. The average molecular weight is 583 g/mol. The number of urea groups is 1. The van der Waals surface area contributed by atoms with Gasteiger partial charge in [-0.2, -0.15) is 4.98 Å². The Morgan fingerprint density at radius 3 is 2.50 bits per heavy atom. The monoisotopic (exact) mass is 582 g/mol. The highest BCUT2D eigenvalue weighted by Crippen LogP contribution is 2.20. The molecule has 0 aliphatic rings. The Hall–Kier alpha value is -5.03. The number of fused-ring (bicyclic) bond motifs is 1. The van der Waals surface area contributed by atoms with Gasteiger partial charge in [0.15, 0.2) is 5.13 Å². The zero-order chi connectivity index (χ0) is 29.5. The van der Waals surface area contributed by atoms with Gasteiger partial charge < -0.3 is 15.7 Å². The quantitative estimate of drug-likeness (QED) is 0.171. The predicted molar refractivity (Wildman–Crippen MR) is 164 cm³/mol. The lowest BCUT2D eigenvalue weighted by Crippen LogP contribution is -2.31. The lowest BCUT2D eigenvalue weighted by Gasteiger charge is -2.16. The number of aryl methyl sites for hydroxylation is 1. The molecule has 10 nitrogen and oxygen atoms in total. The van der Waals surface area contributed by atoms with Crippen LogP contribution in [-0.2, 0) is 30.8 Å². The topological polar surface area (TPSA) is 138 Å². The summed E-state index contributed by atoms with van der Waals surface area (Å²) in [5.74, 6) is -1.38. The van der Waals surface area contributed by atoms with Crippen molar-refractivity contribution in [3.05, 3.63) is 117 Å². The lowest BCUT2D eigenvalue weighted by atomic mass is 9.97. The Morgan fingerprint density at radius 1 is 0.952 bits per heavy atom. The van der Waals surface area contributed by atoms with Gasteiger partial charge in [-0.05, 0) is 35.2 Å². The van der Waals surface area contributed by atoms with Crippen molar-refractivity contribution in [2.75, 3.05) is 10.6 Å². The van der Waals surface area contributed by atoms with Gasteiger partial charge >= 0.3 is 17.7 Å². The largest absolute Gasteiger partial charge is 0.481 e. The predicted octanol–water partition coefficient (Wildman–Crippen LogP) is 5.04. The van der Waals surface area contributed by atoms with E-state index in [-0.39, 0.29) is 19.0 Å². The maximum Gasteiger partial charge on any atom is 0.349 e. The number of benzene rings is 3. The molecule has 2 amide bonds. The number of carbonyl (C=O) groups excluding carboxylic acids is 1. The number of carboxylic acids is 1. The highest BCUT2D eigenvalue weighted by Gasteiger charge is 2.20. The van der Waals surface area contributed by atoms with Crippen LogP contribution in [0.3, 0.4) is 0 Å². The molecule has 5 aromatic rings. The van der Waals surface area contributed by atoms with E-state index < -0.39 is 17.6 Å². The van der Waals surface area contributed by atoms with Gasteiger partial charge in [0.25, 0.3) is 0 Å². The molecule has 0 spiro atoms. The average Bonchev–Trinajstić information content (AvgIpc) is 3.44. The molecule has 0 aliphatic heterocycles. The number of carboxylic acid groups (broad SMARTS) is 1. The zero-order valence-corrected chi connectivity index (χ0v) is 23.7. The molecular formula is C31H30N6O4S. The summed E-state index contributed by atoms with van der Waals surface area (Å²) in [6, 6.07) is 23.0. The van der Waals surface area contributed by atoms with Crippen molar-refractivity contribution in [2.45, 2.75) is 33.0 Å². The number of thiazole rings is 1. The zero-order valence-electron chi connectivity index (χ0n) is 22.9. The van der Waals surface area contributed by atoms with Gasteiger partial charge in [-0.3, -0.25) is 14.7 Å². The second-order valence-corrected chi connectivity index (χ2v) is 10.8. The van der Waals surface area contributed by atoms with Crippen molar-refractivity contribution in [2.24, 2.45) is 5.92 Å². The van der Waals surface area contributed by atoms with Crippen LogP contribution in [0, 0.1) is 12.8 Å². The van der Waals surface area contributed by atoms with Crippen LogP contribution in [0.4, 0.5) is 15.7 Å². The Morgan fingerprint density at radius 2 is 1.71 bits per heavy atom. The minimum Gasteiger partial charge on any atom is -0.481 e. The number of hydrogen-bond acceptors (Lipinski definition) is 7. The van der Waals surface area contributed by atoms with Gasteiger partial charge in [0.2, 0.25) is 0 Å². The number of aromatic nitrogens is 3. The van der Waals surface area contributed by atoms with Crippen LogP contribution in [0.1, 0.15) is 22.4 Å². The summed E-state index contributed by atoms with van der Waals surface area (Å²) in [5, 5.41) is 22.9. The van der Waals surface area contributed by atoms with Crippen LogP contribution >= 0.6 is 11.3 Å². The number of rotatable bonds is 11. The minimum absolute atomic E-state index is 0.00255. The van der Waals surface area contributed by atoms with Gasteiger partial charge in [-0.1, -0.05) is 72.8 Å². The van der Waals surface area contributed by atoms with E-state index in [1.807, 2.05) is 72.8 Å². The molecule has 4 N–H and O–H groups in total. The van der Waals surface area contributed by atoms with E-state index in [2.05, 4.69) is 25.9 Å². The third kappa shape index (κ3) is 7.38. The van der Waals surface area contributed by atoms with Crippen LogP contribution in [-0.4, -0.2) is 31.6 Å². The highest BCUT2D eigenvalue weighted by molar-refractivity contribution is 7.13. The molecular weight excluding hydrogens is 552 g/mol. The van der Waals surface area contributed by atoms with Crippen LogP contribution in [0.25, 0.3) is 10.8 Å². The molecule has 0 fully saturated rings. The van der Waals surface area contributed by atoms with E-state index in [0.29, 0.717) is 35.3 Å². The van der Waals surface area contributed by atoms with Crippen LogP contribution < -0.4 is 21.6 Å². The minimum atomic E-state index is -0.975. The molecule has 2 aromatic heterocycles. The van der Waals surface area contributed by atoms with Crippen molar-refractivity contribution in [1.29, 1.82) is 0 Å². The normalized spacial score (nSPS) is 11.6. The third-order valence-electron chi connectivity index (χ3n) is 6.74. The van der Waals surface area contributed by atoms with Crippen molar-refractivity contribution in [3.63, 3.8) is 0 Å². The Labute approximate surface area is 246 Å². The third-order valence-corrected chi connectivity index (χ3v) is 7.55. The number of anilines is 2. The second kappa shape index (κ2) is 13.1. The summed E-state index contributed by atoms with van der Waals surface area (Å²) in [4.78, 5) is 45.7. The van der Waals surface area contributed by atoms with E-state index in [4.69, 9.17) is 0 Å². The second-order valence-electron chi connectivity index (χ2n) is 9.92. The van der Waals surface area contributed by atoms with Gasteiger partial charge in [0.1, 0.15) is 5.82 Å². The fourth-order valence-electron chi connectivity index (χ4n) is 4.56. The first-order valence-corrected chi connectivity index (χ1v) is 14.3. The summed E-state index contributed by atoms with van der Waals surface area (Å²) in [6.45, 7) is 2.50. The van der Waals surface area contributed by atoms with Crippen molar-refractivity contribution >= 4 is 45.1 Å². The summed E-state index contributed by atoms with van der Waals surface area (Å²) in [6.07, 6.45) is 1.91. The molecule has 42 heavy (non-hydrogen) atoms. The molecule has 0 aliphatic carbocycles. The van der Waals surface area contributed by atoms with Crippen molar-refractivity contribution < 1.29 is 14.7 Å². The number of carbonyl (C=O) groups is 2. The maximum absolute atomic E-state index is 12.8. The van der Waals surface area contributed by atoms with Crippen LogP contribution in [0.2, 0.25) is 0 Å². The van der Waals surface area contributed by atoms with Crippen LogP contribution in [0.15, 0.2) is 89.2 Å². The summed E-state index contributed by atoms with van der Waals surface area (Å²) >= 11 is 1.29. The molecule has 0 saturated carbocycles. The molecule has 214 valence electrons. The van der Waals surface area contributed by atoms with E-state index in [9.17, 15) is 19.5 Å². The first kappa shape index (κ1) is 28.5. The first-order valence-electron chi connectivity index (χ1n) is 13.4. The number of nitrogens with one attached hydrogen (secondary N) is 3. The fourth-order valence-corrected chi connectivity index (χ4v) is 5.27. The van der Waals surface area contributed by atoms with E-state index >= 15 is 0 Å². The SMILES string of the molecule is Cc1cn(CC(Cc2ccc3ccccc3c2)C(=O)O)c(=O)nc1NCc1csc(NC(=O)NCc2ccccc2)n1. The molecule has 0 radical (unpaired) electrons. The highest BCUT2D eigenvalue weighted by atomic mass is 32.1. The fraction of sp³-hybridized carbons (Fsp3) is 0.194. The van der Waals surface area contributed by atoms with E-state index in [0.717, 1.165) is 21.9 Å². The number of hydrogen-bond donors (Lipinski definition) is 4. The Bertz CT molecular complexity index is 1770. The van der Waals surface area contributed by atoms with Gasteiger partial charge in [0, 0.05) is 30.2 Å². The molecule has 3 aromatic carbocycles. The summed E-state index contributed by atoms with van der Waals surface area (Å²) in [7, 11) is 0. The Kier molecular flexibility index (Phi) is 8.88. The molecule has 1 unspecified atom stereocenters. The molecule has 0 saturated heterocycles. The molecule has 11 heteroatoms. The molecule has 2 heterocycles. The molecule has 1 atom stereocenters. The number of nitrogens with zero attached hydrogens (tertiary/aromatic N) is 3. The molecule has 0 bridgehead atoms. The van der Waals surface area contributed by atoms with Crippen LogP contribution in [0.5, 0.6) is 0 Å². The van der Waals surface area contributed by atoms with Crippen molar-refractivity contribution in [1.82, 2.24) is 19.9 Å². The van der Waals surface area contributed by atoms with Gasteiger partial charge in [0.05, 0.1) is 18.2 Å². The smallest absolute Gasteiger partial charge is 0.349 e. The standard InChI is InChI=1S/C31H30N6O4S/c1-20-17-37(18-25(28(38)39)14-22-11-12-23-9-5-6-10-24(23)13-22)31(41)35-27(20)32-16-26-19-42-30(34-26)36-29(40)33-15-21-7-3-2-4-8-21/h2-13,17,19,25H,14-16,18H2,1H3,(H,38,39)(H,32,35,41)(H2,33,34,36,40). The number of aliphatic carboxylic acids is 1. The van der Waals surface area contributed by atoms with E-state index in [1.165, 1.54) is 15.9 Å². The number of amides is 2.